The Labute approximate surface area is 198 Å². The number of aliphatic carboxylic acids is 2. The van der Waals surface area contributed by atoms with Gasteiger partial charge < -0.3 is 19.7 Å². The van der Waals surface area contributed by atoms with Crippen molar-refractivity contribution in [3.8, 4) is 11.5 Å². The second-order valence-electron chi connectivity index (χ2n) is 8.02. The van der Waals surface area contributed by atoms with Gasteiger partial charge >= 0.3 is 11.9 Å². The molecule has 1 fully saturated rings. The molecule has 0 radical (unpaired) electrons. The van der Waals surface area contributed by atoms with Gasteiger partial charge in [-0.3, -0.25) is 9.80 Å². The first-order valence-electron chi connectivity index (χ1n) is 11.0. The van der Waals surface area contributed by atoms with Crippen LogP contribution in [0.15, 0.2) is 60.7 Å². The SMILES string of the molecule is COc1ccc(CN2CCN(Cc3ccc4ccccc4c3)CC2)c(OC)c1.O=C(O)C(=O)O. The van der Waals surface area contributed by atoms with Gasteiger partial charge in [0.15, 0.2) is 0 Å². The molecule has 0 bridgehead atoms. The van der Waals surface area contributed by atoms with E-state index in [0.29, 0.717) is 0 Å². The van der Waals surface area contributed by atoms with Crippen LogP contribution in [0.2, 0.25) is 0 Å². The molecular formula is C26H30N2O6. The Bertz CT molecular complexity index is 1110. The Morgan fingerprint density at radius 2 is 1.38 bits per heavy atom. The summed E-state index contributed by atoms with van der Waals surface area (Å²) in [6.45, 7) is 6.25. The van der Waals surface area contributed by atoms with Crippen LogP contribution in [0, 0.1) is 0 Å². The van der Waals surface area contributed by atoms with Crippen LogP contribution in [0.5, 0.6) is 11.5 Å². The molecule has 0 aliphatic carbocycles. The molecule has 0 atom stereocenters. The number of hydrogen-bond acceptors (Lipinski definition) is 6. The van der Waals surface area contributed by atoms with E-state index in [4.69, 9.17) is 29.3 Å². The lowest BCUT2D eigenvalue weighted by Crippen LogP contribution is -2.45. The topological polar surface area (TPSA) is 99.5 Å². The molecule has 0 amide bonds. The lowest BCUT2D eigenvalue weighted by atomic mass is 10.1. The summed E-state index contributed by atoms with van der Waals surface area (Å²) in [5, 5.41) is 17.4. The Balaban J connectivity index is 0.000000481. The summed E-state index contributed by atoms with van der Waals surface area (Å²) in [5.41, 5.74) is 2.61. The fourth-order valence-electron chi connectivity index (χ4n) is 3.92. The molecule has 2 N–H and O–H groups in total. The van der Waals surface area contributed by atoms with Crippen molar-refractivity contribution in [3.63, 3.8) is 0 Å². The van der Waals surface area contributed by atoms with Crippen molar-refractivity contribution >= 4 is 22.7 Å². The number of carbonyl (C=O) groups is 2. The minimum atomic E-state index is -1.82. The third-order valence-corrected chi connectivity index (χ3v) is 5.76. The molecule has 1 aliphatic rings. The van der Waals surface area contributed by atoms with Crippen LogP contribution < -0.4 is 9.47 Å². The van der Waals surface area contributed by atoms with Crippen LogP contribution in [-0.2, 0) is 22.7 Å². The Kier molecular flexibility index (Phi) is 8.84. The number of fused-ring (bicyclic) bond motifs is 1. The predicted molar refractivity (Wildman–Crippen MR) is 129 cm³/mol. The molecule has 4 rings (SSSR count). The molecule has 1 aliphatic heterocycles. The van der Waals surface area contributed by atoms with Crippen LogP contribution in [0.25, 0.3) is 10.8 Å². The van der Waals surface area contributed by atoms with Crippen molar-refractivity contribution in [1.82, 2.24) is 9.80 Å². The summed E-state index contributed by atoms with van der Waals surface area (Å²) in [6.07, 6.45) is 0. The number of carboxylic acids is 2. The summed E-state index contributed by atoms with van der Waals surface area (Å²) in [7, 11) is 3.41. The van der Waals surface area contributed by atoms with Crippen molar-refractivity contribution in [2.24, 2.45) is 0 Å². The molecule has 8 nitrogen and oxygen atoms in total. The number of methoxy groups -OCH3 is 2. The maximum atomic E-state index is 9.10. The highest BCUT2D eigenvalue weighted by Gasteiger charge is 2.18. The average Bonchev–Trinajstić information content (AvgIpc) is 2.85. The monoisotopic (exact) mass is 466 g/mol. The Morgan fingerprint density at radius 1 is 0.765 bits per heavy atom. The summed E-state index contributed by atoms with van der Waals surface area (Å²) in [6, 6.07) is 21.5. The van der Waals surface area contributed by atoms with E-state index in [1.807, 2.05) is 12.1 Å². The van der Waals surface area contributed by atoms with E-state index in [0.717, 1.165) is 50.8 Å². The molecule has 34 heavy (non-hydrogen) atoms. The number of hydrogen-bond donors (Lipinski definition) is 2. The number of ether oxygens (including phenoxy) is 2. The van der Waals surface area contributed by atoms with Gasteiger partial charge in [-0.25, -0.2) is 9.59 Å². The van der Waals surface area contributed by atoms with Crippen molar-refractivity contribution in [1.29, 1.82) is 0 Å². The van der Waals surface area contributed by atoms with E-state index in [1.54, 1.807) is 14.2 Å². The molecule has 0 unspecified atom stereocenters. The Morgan fingerprint density at radius 3 is 1.97 bits per heavy atom. The number of carboxylic acid groups (broad SMARTS) is 2. The highest BCUT2D eigenvalue weighted by Crippen LogP contribution is 2.26. The Hall–Kier alpha value is -3.62. The molecule has 1 heterocycles. The molecule has 1 saturated heterocycles. The zero-order valence-corrected chi connectivity index (χ0v) is 19.4. The molecule has 0 aromatic heterocycles. The number of nitrogens with zero attached hydrogens (tertiary/aromatic N) is 2. The van der Waals surface area contributed by atoms with Crippen molar-refractivity contribution in [2.75, 3.05) is 40.4 Å². The lowest BCUT2D eigenvalue weighted by molar-refractivity contribution is -0.159. The van der Waals surface area contributed by atoms with Gasteiger partial charge in [0.25, 0.3) is 0 Å². The average molecular weight is 467 g/mol. The van der Waals surface area contributed by atoms with Gasteiger partial charge in [-0.2, -0.15) is 0 Å². The van der Waals surface area contributed by atoms with Crippen LogP contribution in [0.4, 0.5) is 0 Å². The maximum absolute atomic E-state index is 9.10. The van der Waals surface area contributed by atoms with Gasteiger partial charge in [-0.1, -0.05) is 42.5 Å². The quantitative estimate of drug-likeness (QED) is 0.534. The van der Waals surface area contributed by atoms with Gasteiger partial charge in [0.1, 0.15) is 11.5 Å². The molecule has 0 spiro atoms. The maximum Gasteiger partial charge on any atom is 0.414 e. The van der Waals surface area contributed by atoms with E-state index in [-0.39, 0.29) is 0 Å². The zero-order valence-electron chi connectivity index (χ0n) is 19.4. The molecular weight excluding hydrogens is 436 g/mol. The molecule has 3 aromatic carbocycles. The zero-order chi connectivity index (χ0) is 24.5. The second-order valence-corrected chi connectivity index (χ2v) is 8.02. The van der Waals surface area contributed by atoms with Gasteiger partial charge in [-0.05, 0) is 28.5 Å². The van der Waals surface area contributed by atoms with Crippen LogP contribution >= 0.6 is 0 Å². The highest BCUT2D eigenvalue weighted by molar-refractivity contribution is 6.27. The van der Waals surface area contributed by atoms with Crippen molar-refractivity contribution in [3.05, 3.63) is 71.8 Å². The van der Waals surface area contributed by atoms with Crippen LogP contribution in [-0.4, -0.2) is 72.4 Å². The normalized spacial score (nSPS) is 14.2. The number of rotatable bonds is 6. The molecule has 180 valence electrons. The van der Waals surface area contributed by atoms with Gasteiger partial charge in [-0.15, -0.1) is 0 Å². The molecule has 0 saturated carbocycles. The van der Waals surface area contributed by atoms with Crippen molar-refractivity contribution < 1.29 is 29.3 Å². The molecule has 8 heteroatoms. The fraction of sp³-hybridized carbons (Fsp3) is 0.308. The number of piperazine rings is 1. The minimum Gasteiger partial charge on any atom is -0.497 e. The van der Waals surface area contributed by atoms with Crippen LogP contribution in [0.3, 0.4) is 0 Å². The van der Waals surface area contributed by atoms with Gasteiger partial charge in [0, 0.05) is 50.9 Å². The van der Waals surface area contributed by atoms with Crippen LogP contribution in [0.1, 0.15) is 11.1 Å². The smallest absolute Gasteiger partial charge is 0.414 e. The van der Waals surface area contributed by atoms with E-state index in [9.17, 15) is 0 Å². The van der Waals surface area contributed by atoms with E-state index >= 15 is 0 Å². The summed E-state index contributed by atoms with van der Waals surface area (Å²) in [4.78, 5) is 23.2. The molecule has 3 aromatic rings. The lowest BCUT2D eigenvalue weighted by Gasteiger charge is -2.35. The number of benzene rings is 3. The first-order chi connectivity index (χ1) is 16.4. The third kappa shape index (κ3) is 6.94. The van der Waals surface area contributed by atoms with E-state index in [1.165, 1.54) is 21.9 Å². The first-order valence-corrected chi connectivity index (χ1v) is 11.0. The van der Waals surface area contributed by atoms with Gasteiger partial charge in [0.2, 0.25) is 0 Å². The summed E-state index contributed by atoms with van der Waals surface area (Å²) >= 11 is 0. The third-order valence-electron chi connectivity index (χ3n) is 5.76. The largest absolute Gasteiger partial charge is 0.497 e. The predicted octanol–water partition coefficient (Wildman–Crippen LogP) is 3.33. The van der Waals surface area contributed by atoms with E-state index in [2.05, 4.69) is 58.3 Å². The standard InChI is InChI=1S/C24H28N2O2.C2H2O4/c1-27-23-10-9-22(24(16-23)28-2)18-26-13-11-25(12-14-26)17-19-7-8-20-5-3-4-6-21(20)15-19;3-1(4)2(5)6/h3-10,15-16H,11-14,17-18H2,1-2H3;(H,3,4)(H,5,6). The fourth-order valence-corrected chi connectivity index (χ4v) is 3.92. The second kappa shape index (κ2) is 12.0. The minimum absolute atomic E-state index is 0.834. The summed E-state index contributed by atoms with van der Waals surface area (Å²) in [5.74, 6) is -1.91. The first kappa shape index (κ1) is 25.0. The summed E-state index contributed by atoms with van der Waals surface area (Å²) < 4.78 is 10.8. The van der Waals surface area contributed by atoms with Gasteiger partial charge in [0.05, 0.1) is 14.2 Å². The van der Waals surface area contributed by atoms with Crippen molar-refractivity contribution in [2.45, 2.75) is 13.1 Å². The van der Waals surface area contributed by atoms with E-state index < -0.39 is 11.9 Å². The highest BCUT2D eigenvalue weighted by atomic mass is 16.5.